The van der Waals surface area contributed by atoms with Crippen LogP contribution < -0.4 is 5.73 Å². The number of rotatable bonds is 4. The molecule has 0 aliphatic carbocycles. The Morgan fingerprint density at radius 3 is 2.19 bits per heavy atom. The number of carbonyl (C=O) groups excluding carboxylic acids is 1. The van der Waals surface area contributed by atoms with E-state index in [9.17, 15) is 13.2 Å². The second-order valence-electron chi connectivity index (χ2n) is 4.12. The third-order valence-corrected chi connectivity index (χ3v) is 5.04. The van der Waals surface area contributed by atoms with Crippen LogP contribution in [0.4, 0.5) is 0 Å². The van der Waals surface area contributed by atoms with Gasteiger partial charge in [-0.25, -0.2) is 8.42 Å². The fourth-order valence-electron chi connectivity index (χ4n) is 1.13. The van der Waals surface area contributed by atoms with Crippen molar-refractivity contribution >= 4 is 15.7 Å². The molecule has 2 N–H and O–H groups in total. The summed E-state index contributed by atoms with van der Waals surface area (Å²) in [6, 6.07) is 8.71. The van der Waals surface area contributed by atoms with Crippen LogP contribution in [0.1, 0.15) is 19.4 Å². The average molecular weight is 241 g/mol. The molecule has 1 rings (SSSR count). The zero-order valence-corrected chi connectivity index (χ0v) is 10.1. The molecule has 0 heterocycles. The fraction of sp³-hybridized carbons (Fsp3) is 0.364. The molecule has 16 heavy (non-hydrogen) atoms. The molecule has 1 amide bonds. The Bertz CT molecular complexity index is 477. The summed E-state index contributed by atoms with van der Waals surface area (Å²) in [5.41, 5.74) is 5.74. The maximum atomic E-state index is 12.0. The molecule has 0 unspecified atom stereocenters. The second kappa shape index (κ2) is 4.25. The molecule has 5 heteroatoms. The molecule has 0 saturated heterocycles. The van der Waals surface area contributed by atoms with Crippen LogP contribution in [0.25, 0.3) is 0 Å². The Balaban J connectivity index is 3.02. The molecule has 0 aliphatic heterocycles. The molecule has 0 bridgehead atoms. The molecule has 1 aromatic carbocycles. The van der Waals surface area contributed by atoms with Crippen LogP contribution in [-0.4, -0.2) is 19.1 Å². The third kappa shape index (κ3) is 2.41. The first kappa shape index (κ1) is 12.7. The van der Waals surface area contributed by atoms with E-state index >= 15 is 0 Å². The van der Waals surface area contributed by atoms with Crippen LogP contribution in [0.3, 0.4) is 0 Å². The van der Waals surface area contributed by atoms with Crippen molar-refractivity contribution in [3.8, 4) is 0 Å². The summed E-state index contributed by atoms with van der Waals surface area (Å²) in [5, 5.41) is 0. The van der Waals surface area contributed by atoms with E-state index in [1.165, 1.54) is 13.8 Å². The van der Waals surface area contributed by atoms with E-state index in [1.54, 1.807) is 30.3 Å². The van der Waals surface area contributed by atoms with Crippen molar-refractivity contribution in [2.45, 2.75) is 24.3 Å². The Morgan fingerprint density at radius 1 is 1.25 bits per heavy atom. The van der Waals surface area contributed by atoms with Crippen LogP contribution >= 0.6 is 0 Å². The highest BCUT2D eigenvalue weighted by Crippen LogP contribution is 2.20. The van der Waals surface area contributed by atoms with E-state index in [1.807, 2.05) is 0 Å². The van der Waals surface area contributed by atoms with Crippen molar-refractivity contribution in [1.29, 1.82) is 0 Å². The number of primary amides is 1. The van der Waals surface area contributed by atoms with Gasteiger partial charge in [0.2, 0.25) is 5.91 Å². The zero-order chi connectivity index (χ0) is 12.4. The van der Waals surface area contributed by atoms with Gasteiger partial charge in [0.25, 0.3) is 0 Å². The van der Waals surface area contributed by atoms with Crippen molar-refractivity contribution in [3.63, 3.8) is 0 Å². The van der Waals surface area contributed by atoms with Gasteiger partial charge in [0.05, 0.1) is 5.75 Å². The lowest BCUT2D eigenvalue weighted by atomic mass is 10.2. The van der Waals surface area contributed by atoms with E-state index in [0.717, 1.165) is 0 Å². The first-order valence-electron chi connectivity index (χ1n) is 4.83. The normalized spacial score (nSPS) is 12.4. The predicted molar refractivity (Wildman–Crippen MR) is 62.3 cm³/mol. The smallest absolute Gasteiger partial charge is 0.238 e. The number of sulfone groups is 1. The monoisotopic (exact) mass is 241 g/mol. The van der Waals surface area contributed by atoms with Crippen molar-refractivity contribution in [1.82, 2.24) is 0 Å². The SMILES string of the molecule is CC(C)(C(N)=O)S(=O)(=O)Cc1ccccc1. The minimum absolute atomic E-state index is 0.177. The van der Waals surface area contributed by atoms with Gasteiger partial charge in [-0.1, -0.05) is 30.3 Å². The largest absolute Gasteiger partial charge is 0.368 e. The molecular formula is C11H15NO3S. The topological polar surface area (TPSA) is 77.2 Å². The third-order valence-electron chi connectivity index (χ3n) is 2.57. The number of benzene rings is 1. The van der Waals surface area contributed by atoms with Gasteiger partial charge in [-0.15, -0.1) is 0 Å². The summed E-state index contributed by atoms with van der Waals surface area (Å²) >= 11 is 0. The molecule has 1 aromatic rings. The molecule has 0 saturated carbocycles. The summed E-state index contributed by atoms with van der Waals surface area (Å²) in [7, 11) is -3.59. The summed E-state index contributed by atoms with van der Waals surface area (Å²) in [4.78, 5) is 11.1. The predicted octanol–water partition coefficient (Wildman–Crippen LogP) is 0.865. The van der Waals surface area contributed by atoms with Crippen LogP contribution in [0.15, 0.2) is 30.3 Å². The number of carbonyl (C=O) groups is 1. The Hall–Kier alpha value is -1.36. The van der Waals surface area contributed by atoms with Crippen molar-refractivity contribution < 1.29 is 13.2 Å². The Morgan fingerprint density at radius 2 is 1.75 bits per heavy atom. The van der Waals surface area contributed by atoms with Gasteiger partial charge in [-0.2, -0.15) is 0 Å². The molecule has 88 valence electrons. The number of hydrogen-bond acceptors (Lipinski definition) is 3. The highest BCUT2D eigenvalue weighted by molar-refractivity contribution is 7.92. The molecule has 0 atom stereocenters. The molecule has 0 fully saturated rings. The quantitative estimate of drug-likeness (QED) is 0.849. The minimum Gasteiger partial charge on any atom is -0.368 e. The molecular weight excluding hydrogens is 226 g/mol. The van der Waals surface area contributed by atoms with Gasteiger partial charge >= 0.3 is 0 Å². The molecule has 0 aliphatic rings. The first-order valence-corrected chi connectivity index (χ1v) is 6.49. The summed E-state index contributed by atoms with van der Waals surface area (Å²) in [5.74, 6) is -1.01. The van der Waals surface area contributed by atoms with Crippen molar-refractivity contribution in [2.24, 2.45) is 5.73 Å². The summed E-state index contributed by atoms with van der Waals surface area (Å²) < 4.78 is 22.4. The molecule has 0 radical (unpaired) electrons. The molecule has 0 spiro atoms. The van der Waals surface area contributed by atoms with Gasteiger partial charge in [0.15, 0.2) is 9.84 Å². The Kier molecular flexibility index (Phi) is 3.38. The van der Waals surface area contributed by atoms with Crippen LogP contribution in [-0.2, 0) is 20.4 Å². The number of hydrogen-bond donors (Lipinski definition) is 1. The maximum Gasteiger partial charge on any atom is 0.238 e. The summed E-state index contributed by atoms with van der Waals surface area (Å²) in [6.45, 7) is 2.65. The maximum absolute atomic E-state index is 12.0. The minimum atomic E-state index is -3.59. The lowest BCUT2D eigenvalue weighted by Crippen LogP contribution is -2.45. The van der Waals surface area contributed by atoms with Gasteiger partial charge in [0, 0.05) is 0 Å². The Labute approximate surface area is 95.4 Å². The molecule has 4 nitrogen and oxygen atoms in total. The van der Waals surface area contributed by atoms with Gasteiger partial charge in [-0.05, 0) is 19.4 Å². The van der Waals surface area contributed by atoms with Crippen molar-refractivity contribution in [2.75, 3.05) is 0 Å². The highest BCUT2D eigenvalue weighted by atomic mass is 32.2. The van der Waals surface area contributed by atoms with E-state index in [2.05, 4.69) is 0 Å². The van der Waals surface area contributed by atoms with Gasteiger partial charge in [0.1, 0.15) is 4.75 Å². The number of amides is 1. The van der Waals surface area contributed by atoms with E-state index < -0.39 is 20.5 Å². The van der Waals surface area contributed by atoms with Gasteiger partial charge < -0.3 is 5.73 Å². The zero-order valence-electron chi connectivity index (χ0n) is 9.30. The van der Waals surface area contributed by atoms with Crippen molar-refractivity contribution in [3.05, 3.63) is 35.9 Å². The summed E-state index contributed by atoms with van der Waals surface area (Å²) in [6.07, 6.45) is 0. The highest BCUT2D eigenvalue weighted by Gasteiger charge is 2.39. The lowest BCUT2D eigenvalue weighted by molar-refractivity contribution is -0.119. The first-order chi connectivity index (χ1) is 7.27. The van der Waals surface area contributed by atoms with E-state index in [-0.39, 0.29) is 5.75 Å². The van der Waals surface area contributed by atoms with E-state index in [4.69, 9.17) is 5.73 Å². The molecule has 0 aromatic heterocycles. The van der Waals surface area contributed by atoms with Crippen LogP contribution in [0.5, 0.6) is 0 Å². The lowest BCUT2D eigenvalue weighted by Gasteiger charge is -2.20. The standard InChI is InChI=1S/C11H15NO3S/c1-11(2,10(12)13)16(14,15)8-9-6-4-3-5-7-9/h3-7H,8H2,1-2H3,(H2,12,13). The fourth-order valence-corrected chi connectivity index (χ4v) is 2.43. The van der Waals surface area contributed by atoms with E-state index in [0.29, 0.717) is 5.56 Å². The average Bonchev–Trinajstić information content (AvgIpc) is 2.18. The second-order valence-corrected chi connectivity index (χ2v) is 6.66. The number of nitrogens with two attached hydrogens (primary N) is 1. The van der Waals surface area contributed by atoms with Crippen LogP contribution in [0.2, 0.25) is 0 Å². The van der Waals surface area contributed by atoms with Gasteiger partial charge in [-0.3, -0.25) is 4.79 Å². The van der Waals surface area contributed by atoms with Crippen LogP contribution in [0, 0.1) is 0 Å².